The summed E-state index contributed by atoms with van der Waals surface area (Å²) in [7, 11) is 0. The summed E-state index contributed by atoms with van der Waals surface area (Å²) < 4.78 is 0. The lowest BCUT2D eigenvalue weighted by atomic mass is 10.2. The number of carbonyl (C=O) groups excluding carboxylic acids is 1. The van der Waals surface area contributed by atoms with Gasteiger partial charge in [0.1, 0.15) is 5.82 Å². The van der Waals surface area contributed by atoms with E-state index in [-0.39, 0.29) is 23.7 Å². The van der Waals surface area contributed by atoms with Gasteiger partial charge >= 0.3 is 0 Å². The lowest BCUT2D eigenvalue weighted by molar-refractivity contribution is 0.0930. The van der Waals surface area contributed by atoms with Crippen LogP contribution in [0.15, 0.2) is 0 Å². The molecule has 16 heavy (non-hydrogen) atoms. The van der Waals surface area contributed by atoms with Gasteiger partial charge < -0.3 is 10.6 Å². The largest absolute Gasteiger partial charge is 0.345 e. The highest BCUT2D eigenvalue weighted by Gasteiger charge is 2.20. The molecule has 2 rings (SSSR count). The first-order valence-corrected chi connectivity index (χ1v) is 5.60. The zero-order valence-corrected chi connectivity index (χ0v) is 9.58. The highest BCUT2D eigenvalue weighted by molar-refractivity contribution is 5.90. The van der Waals surface area contributed by atoms with Crippen molar-refractivity contribution >= 4 is 5.91 Å². The van der Waals surface area contributed by atoms with Crippen molar-refractivity contribution in [1.82, 2.24) is 25.8 Å². The Morgan fingerprint density at radius 2 is 2.38 bits per heavy atom. The Hall–Kier alpha value is -1.43. The van der Waals surface area contributed by atoms with Gasteiger partial charge in [0, 0.05) is 18.5 Å². The van der Waals surface area contributed by atoms with Crippen molar-refractivity contribution in [3.63, 3.8) is 0 Å². The predicted octanol–water partition coefficient (Wildman–Crippen LogP) is 0.0198. The van der Waals surface area contributed by atoms with Crippen molar-refractivity contribution in [2.75, 3.05) is 13.1 Å². The Morgan fingerprint density at radius 3 is 2.94 bits per heavy atom. The van der Waals surface area contributed by atoms with Crippen LogP contribution in [0, 0.1) is 0 Å². The van der Waals surface area contributed by atoms with Crippen molar-refractivity contribution in [2.45, 2.75) is 32.2 Å². The van der Waals surface area contributed by atoms with E-state index in [0.717, 1.165) is 25.3 Å². The third-order valence-electron chi connectivity index (χ3n) is 2.65. The maximum absolute atomic E-state index is 11.8. The van der Waals surface area contributed by atoms with Gasteiger partial charge in [0.15, 0.2) is 0 Å². The molecular weight excluding hydrogens is 206 g/mol. The zero-order valence-electron chi connectivity index (χ0n) is 9.58. The monoisotopic (exact) mass is 223 g/mol. The molecule has 88 valence electrons. The Labute approximate surface area is 94.2 Å². The third-order valence-corrected chi connectivity index (χ3v) is 2.65. The average Bonchev–Trinajstić information content (AvgIpc) is 2.86. The molecule has 6 heteroatoms. The molecule has 1 saturated heterocycles. The summed E-state index contributed by atoms with van der Waals surface area (Å²) in [5, 5.41) is 12.8. The Kier molecular flexibility index (Phi) is 3.19. The Morgan fingerprint density at radius 1 is 1.56 bits per heavy atom. The van der Waals surface area contributed by atoms with Crippen molar-refractivity contribution in [1.29, 1.82) is 0 Å². The minimum absolute atomic E-state index is 0.197. The van der Waals surface area contributed by atoms with E-state index in [0.29, 0.717) is 0 Å². The van der Waals surface area contributed by atoms with Gasteiger partial charge in [0.05, 0.1) is 0 Å². The van der Waals surface area contributed by atoms with Crippen LogP contribution in [0.2, 0.25) is 0 Å². The maximum Gasteiger partial charge on any atom is 0.291 e. The van der Waals surface area contributed by atoms with E-state index in [9.17, 15) is 4.79 Å². The summed E-state index contributed by atoms with van der Waals surface area (Å²) in [5.74, 6) is 1.03. The van der Waals surface area contributed by atoms with Gasteiger partial charge in [0.2, 0.25) is 5.82 Å². The minimum atomic E-state index is -0.197. The molecule has 1 amide bonds. The summed E-state index contributed by atoms with van der Waals surface area (Å²) in [6.07, 6.45) is 0.965. The van der Waals surface area contributed by atoms with Crippen LogP contribution in [0.3, 0.4) is 0 Å². The Balaban J connectivity index is 1.97. The molecule has 1 atom stereocenters. The highest BCUT2D eigenvalue weighted by atomic mass is 16.2. The van der Waals surface area contributed by atoms with Crippen LogP contribution in [0.1, 0.15) is 42.6 Å². The highest BCUT2D eigenvalue weighted by Crippen LogP contribution is 2.07. The summed E-state index contributed by atoms with van der Waals surface area (Å²) >= 11 is 0. The van der Waals surface area contributed by atoms with E-state index in [1.165, 1.54) is 0 Å². The Bertz CT molecular complexity index is 367. The molecule has 3 N–H and O–H groups in total. The molecule has 0 saturated carbocycles. The van der Waals surface area contributed by atoms with Gasteiger partial charge in [-0.2, -0.15) is 0 Å². The predicted molar refractivity (Wildman–Crippen MR) is 59.2 cm³/mol. The van der Waals surface area contributed by atoms with Crippen LogP contribution in [0.25, 0.3) is 0 Å². The van der Waals surface area contributed by atoms with Crippen LogP contribution < -0.4 is 10.6 Å². The SMILES string of the molecule is CC(C)c1nc(C(=O)N[C@H]2CCNC2)n[nH]1. The number of hydrogen-bond acceptors (Lipinski definition) is 4. The van der Waals surface area contributed by atoms with Gasteiger partial charge in [0.25, 0.3) is 5.91 Å². The summed E-state index contributed by atoms with van der Waals surface area (Å²) in [6.45, 7) is 5.79. The second-order valence-electron chi connectivity index (χ2n) is 4.36. The first-order valence-electron chi connectivity index (χ1n) is 5.60. The van der Waals surface area contributed by atoms with E-state index in [1.54, 1.807) is 0 Å². The van der Waals surface area contributed by atoms with E-state index < -0.39 is 0 Å². The molecule has 0 aromatic carbocycles. The van der Waals surface area contributed by atoms with Gasteiger partial charge in [-0.1, -0.05) is 13.8 Å². The molecule has 0 unspecified atom stereocenters. The van der Waals surface area contributed by atoms with Crippen LogP contribution in [-0.2, 0) is 0 Å². The number of hydrogen-bond donors (Lipinski definition) is 3. The number of aromatic nitrogens is 3. The lowest BCUT2D eigenvalue weighted by Gasteiger charge is -2.08. The van der Waals surface area contributed by atoms with Gasteiger partial charge in [-0.15, -0.1) is 5.10 Å². The van der Waals surface area contributed by atoms with Crippen molar-refractivity contribution in [3.8, 4) is 0 Å². The van der Waals surface area contributed by atoms with Crippen LogP contribution >= 0.6 is 0 Å². The topological polar surface area (TPSA) is 82.7 Å². The van der Waals surface area contributed by atoms with E-state index in [4.69, 9.17) is 0 Å². The molecule has 1 aliphatic rings. The third kappa shape index (κ3) is 2.38. The van der Waals surface area contributed by atoms with Crippen LogP contribution in [0.4, 0.5) is 0 Å². The molecule has 1 aromatic heterocycles. The second-order valence-corrected chi connectivity index (χ2v) is 4.36. The van der Waals surface area contributed by atoms with E-state index in [1.807, 2.05) is 13.8 Å². The molecule has 6 nitrogen and oxygen atoms in total. The average molecular weight is 223 g/mol. The van der Waals surface area contributed by atoms with E-state index >= 15 is 0 Å². The lowest BCUT2D eigenvalue weighted by Crippen LogP contribution is -2.36. The van der Waals surface area contributed by atoms with Crippen LogP contribution in [0.5, 0.6) is 0 Å². The summed E-state index contributed by atoms with van der Waals surface area (Å²) in [5.41, 5.74) is 0. The van der Waals surface area contributed by atoms with Crippen molar-refractivity contribution < 1.29 is 4.79 Å². The van der Waals surface area contributed by atoms with Gasteiger partial charge in [-0.25, -0.2) is 4.98 Å². The molecule has 0 spiro atoms. The van der Waals surface area contributed by atoms with Crippen molar-refractivity contribution in [2.24, 2.45) is 0 Å². The molecule has 2 heterocycles. The van der Waals surface area contributed by atoms with Crippen LogP contribution in [-0.4, -0.2) is 40.2 Å². The van der Waals surface area contributed by atoms with Crippen molar-refractivity contribution in [3.05, 3.63) is 11.6 Å². The van der Waals surface area contributed by atoms with E-state index in [2.05, 4.69) is 25.8 Å². The first-order chi connectivity index (χ1) is 7.66. The fraction of sp³-hybridized carbons (Fsp3) is 0.700. The molecule has 1 aromatic rings. The molecular formula is C10H17N5O. The minimum Gasteiger partial charge on any atom is -0.345 e. The molecule has 0 radical (unpaired) electrons. The van der Waals surface area contributed by atoms with Gasteiger partial charge in [-0.3, -0.25) is 9.89 Å². The number of nitrogens with one attached hydrogen (secondary N) is 3. The molecule has 0 bridgehead atoms. The smallest absolute Gasteiger partial charge is 0.291 e. The number of aromatic amines is 1. The number of nitrogens with zero attached hydrogens (tertiary/aromatic N) is 2. The fourth-order valence-corrected chi connectivity index (χ4v) is 1.66. The summed E-state index contributed by atoms with van der Waals surface area (Å²) in [6, 6.07) is 0.202. The number of H-pyrrole nitrogens is 1. The fourth-order valence-electron chi connectivity index (χ4n) is 1.66. The molecule has 0 aliphatic carbocycles. The normalized spacial score (nSPS) is 20.3. The number of carbonyl (C=O) groups is 1. The zero-order chi connectivity index (χ0) is 11.5. The molecule has 1 aliphatic heterocycles. The summed E-state index contributed by atoms with van der Waals surface area (Å²) in [4.78, 5) is 15.9. The number of amides is 1. The molecule has 1 fully saturated rings. The quantitative estimate of drug-likeness (QED) is 0.674. The first kappa shape index (κ1) is 11.1. The number of rotatable bonds is 3. The second kappa shape index (κ2) is 4.61. The standard InChI is InChI=1S/C10H17N5O/c1-6(2)8-13-9(15-14-8)10(16)12-7-3-4-11-5-7/h6-7,11H,3-5H2,1-2H3,(H,12,16)(H,13,14,15)/t7-/m0/s1. The van der Waals surface area contributed by atoms with Gasteiger partial charge in [-0.05, 0) is 13.0 Å². The maximum atomic E-state index is 11.8.